The Morgan fingerprint density at radius 3 is 2.46 bits per heavy atom. The van der Waals surface area contributed by atoms with Crippen LogP contribution in [0.2, 0.25) is 0 Å². The van der Waals surface area contributed by atoms with Crippen LogP contribution in [0.3, 0.4) is 0 Å². The summed E-state index contributed by atoms with van der Waals surface area (Å²) >= 11 is 6.89. The average molecular weight is 378 g/mol. The van der Waals surface area contributed by atoms with Crippen molar-refractivity contribution in [3.05, 3.63) is 18.2 Å². The Bertz CT molecular complexity index is 690. The summed E-state index contributed by atoms with van der Waals surface area (Å²) in [6.07, 6.45) is 6.13. The quantitative estimate of drug-likeness (QED) is 0.709. The Labute approximate surface area is 160 Å². The lowest BCUT2D eigenvalue weighted by Crippen LogP contribution is -2.57. The zero-order chi connectivity index (χ0) is 18.4. The zero-order valence-corrected chi connectivity index (χ0v) is 16.4. The van der Waals surface area contributed by atoms with Gasteiger partial charge in [-0.15, -0.1) is 11.6 Å². The van der Waals surface area contributed by atoms with E-state index in [0.29, 0.717) is 36.5 Å². The maximum Gasteiger partial charge on any atom is 0.230 e. The molecule has 4 aliphatic carbocycles. The first-order chi connectivity index (χ1) is 12.5. The van der Waals surface area contributed by atoms with Crippen molar-refractivity contribution in [1.82, 2.24) is 0 Å². The fourth-order valence-corrected chi connectivity index (χ4v) is 6.51. The number of hydrogen-bond acceptors (Lipinski definition) is 3. The molecule has 142 valence electrons. The summed E-state index contributed by atoms with van der Waals surface area (Å²) in [6.45, 7) is 5.03. The van der Waals surface area contributed by atoms with Crippen molar-refractivity contribution in [2.24, 2.45) is 17.3 Å². The van der Waals surface area contributed by atoms with Gasteiger partial charge in [-0.1, -0.05) is 0 Å². The molecule has 0 spiro atoms. The first kappa shape index (κ1) is 18.0. The van der Waals surface area contributed by atoms with Gasteiger partial charge in [0.25, 0.3) is 0 Å². The fourth-order valence-electron chi connectivity index (χ4n) is 5.82. The minimum Gasteiger partial charge on any atom is -0.494 e. The van der Waals surface area contributed by atoms with Gasteiger partial charge >= 0.3 is 0 Å². The molecule has 0 saturated heterocycles. The molecule has 1 amide bonds. The minimum absolute atomic E-state index is 0.103. The molecule has 0 aromatic heterocycles. The van der Waals surface area contributed by atoms with Gasteiger partial charge in [0.05, 0.1) is 24.3 Å². The van der Waals surface area contributed by atoms with Crippen LogP contribution in [0.1, 0.15) is 52.4 Å². The molecule has 2 unspecified atom stereocenters. The van der Waals surface area contributed by atoms with E-state index in [1.807, 2.05) is 32.0 Å². The number of ether oxygens (including phenoxy) is 2. The van der Waals surface area contributed by atoms with Crippen LogP contribution in [0.4, 0.5) is 5.69 Å². The second-order valence-electron chi connectivity index (χ2n) is 8.37. The molecule has 4 fully saturated rings. The van der Waals surface area contributed by atoms with Crippen LogP contribution in [0.15, 0.2) is 18.2 Å². The highest BCUT2D eigenvalue weighted by Crippen LogP contribution is 2.64. The number of rotatable bonds is 6. The molecule has 1 aromatic rings. The summed E-state index contributed by atoms with van der Waals surface area (Å²) in [5.74, 6) is 2.73. The van der Waals surface area contributed by atoms with E-state index in [9.17, 15) is 4.79 Å². The molecular formula is C21H28ClNO3. The number of amides is 1. The van der Waals surface area contributed by atoms with Crippen LogP contribution < -0.4 is 14.8 Å². The van der Waals surface area contributed by atoms with E-state index >= 15 is 0 Å². The Kier molecular flexibility index (Phi) is 4.58. The van der Waals surface area contributed by atoms with Gasteiger partial charge in [-0.2, -0.15) is 0 Å². The van der Waals surface area contributed by atoms with Crippen LogP contribution in [-0.4, -0.2) is 24.0 Å². The van der Waals surface area contributed by atoms with Gasteiger partial charge in [0.15, 0.2) is 0 Å². The number of halogens is 1. The molecule has 4 aliphatic rings. The molecule has 5 heteroatoms. The van der Waals surface area contributed by atoms with E-state index < -0.39 is 0 Å². The molecule has 5 rings (SSSR count). The van der Waals surface area contributed by atoms with Gasteiger partial charge in [0, 0.05) is 10.9 Å². The van der Waals surface area contributed by atoms with E-state index in [0.717, 1.165) is 37.9 Å². The van der Waals surface area contributed by atoms with Gasteiger partial charge in [-0.05, 0) is 76.3 Å². The second kappa shape index (κ2) is 6.63. The van der Waals surface area contributed by atoms with Crippen LogP contribution in [0, 0.1) is 17.3 Å². The highest BCUT2D eigenvalue weighted by Gasteiger charge is 2.60. The van der Waals surface area contributed by atoms with Gasteiger partial charge < -0.3 is 14.8 Å². The molecule has 26 heavy (non-hydrogen) atoms. The summed E-state index contributed by atoms with van der Waals surface area (Å²) in [5.41, 5.74) is 0.374. The third kappa shape index (κ3) is 3.17. The number of anilines is 1. The topological polar surface area (TPSA) is 47.6 Å². The largest absolute Gasteiger partial charge is 0.494 e. The van der Waals surface area contributed by atoms with E-state index in [1.165, 1.54) is 6.42 Å². The number of nitrogens with one attached hydrogen (secondary N) is 1. The first-order valence-electron chi connectivity index (χ1n) is 9.85. The van der Waals surface area contributed by atoms with Crippen molar-refractivity contribution in [2.45, 2.75) is 57.2 Å². The van der Waals surface area contributed by atoms with Crippen molar-refractivity contribution in [2.75, 3.05) is 18.5 Å². The Morgan fingerprint density at radius 1 is 1.15 bits per heavy atom. The minimum atomic E-state index is -0.322. The van der Waals surface area contributed by atoms with Crippen molar-refractivity contribution in [1.29, 1.82) is 0 Å². The Hall–Kier alpha value is -1.42. The van der Waals surface area contributed by atoms with Crippen molar-refractivity contribution < 1.29 is 14.3 Å². The molecule has 1 aromatic carbocycles. The van der Waals surface area contributed by atoms with E-state index in [4.69, 9.17) is 21.1 Å². The average Bonchev–Trinajstić information content (AvgIpc) is 2.55. The molecular weight excluding hydrogens is 350 g/mol. The highest BCUT2D eigenvalue weighted by atomic mass is 35.5. The predicted molar refractivity (Wildman–Crippen MR) is 103 cm³/mol. The SMILES string of the molecule is CCOc1ccc(OCC)c(NC(=O)C23C[C@@H]4C[C@@H](CC(Cl)(C4)C2)C3)c1. The summed E-state index contributed by atoms with van der Waals surface area (Å²) in [6, 6.07) is 5.61. The monoisotopic (exact) mass is 377 g/mol. The summed E-state index contributed by atoms with van der Waals surface area (Å²) in [7, 11) is 0. The smallest absolute Gasteiger partial charge is 0.230 e. The van der Waals surface area contributed by atoms with Crippen molar-refractivity contribution in [3.63, 3.8) is 0 Å². The molecule has 0 radical (unpaired) electrons. The van der Waals surface area contributed by atoms with Crippen molar-refractivity contribution >= 4 is 23.2 Å². The second-order valence-corrected chi connectivity index (χ2v) is 9.17. The van der Waals surface area contributed by atoms with E-state index in [2.05, 4.69) is 5.32 Å². The number of carbonyl (C=O) groups excluding carboxylic acids is 1. The number of alkyl halides is 1. The van der Waals surface area contributed by atoms with E-state index in [1.54, 1.807) is 0 Å². The summed E-state index contributed by atoms with van der Waals surface area (Å²) in [5, 5.41) is 3.17. The van der Waals surface area contributed by atoms with Gasteiger partial charge in [0.2, 0.25) is 5.91 Å². The Balaban J connectivity index is 1.59. The first-order valence-corrected chi connectivity index (χ1v) is 10.2. The van der Waals surface area contributed by atoms with Crippen LogP contribution in [0.5, 0.6) is 11.5 Å². The van der Waals surface area contributed by atoms with E-state index in [-0.39, 0.29) is 16.2 Å². The summed E-state index contributed by atoms with van der Waals surface area (Å²) in [4.78, 5) is 13.2. The molecule has 4 bridgehead atoms. The van der Waals surface area contributed by atoms with Crippen LogP contribution in [-0.2, 0) is 4.79 Å². The van der Waals surface area contributed by atoms with Crippen LogP contribution >= 0.6 is 11.6 Å². The Morgan fingerprint density at radius 2 is 1.85 bits per heavy atom. The number of carbonyl (C=O) groups is 1. The predicted octanol–water partition coefficient (Wildman–Crippen LogP) is 5.00. The van der Waals surface area contributed by atoms with Gasteiger partial charge in [-0.25, -0.2) is 0 Å². The normalized spacial score (nSPS) is 34.6. The van der Waals surface area contributed by atoms with Gasteiger partial charge in [-0.3, -0.25) is 4.79 Å². The number of hydrogen-bond donors (Lipinski definition) is 1. The van der Waals surface area contributed by atoms with Crippen molar-refractivity contribution in [3.8, 4) is 11.5 Å². The molecule has 4 atom stereocenters. The molecule has 0 aliphatic heterocycles. The molecule has 4 nitrogen and oxygen atoms in total. The fraction of sp³-hybridized carbons (Fsp3) is 0.667. The van der Waals surface area contributed by atoms with Crippen LogP contribution in [0.25, 0.3) is 0 Å². The maximum atomic E-state index is 13.4. The zero-order valence-electron chi connectivity index (χ0n) is 15.6. The lowest BCUT2D eigenvalue weighted by atomic mass is 9.49. The number of benzene rings is 1. The highest BCUT2D eigenvalue weighted by molar-refractivity contribution is 6.24. The molecule has 1 N–H and O–H groups in total. The summed E-state index contributed by atoms with van der Waals surface area (Å²) < 4.78 is 11.3. The molecule has 4 saturated carbocycles. The molecule has 0 heterocycles. The standard InChI is InChI=1S/C21H28ClNO3/c1-3-25-16-5-6-18(26-4-2)17(8-16)23-19(24)20-9-14-7-15(10-20)12-21(22,11-14)13-20/h5-6,8,14-15H,3-4,7,9-13H2,1-2H3,(H,23,24)/t14-,15+,20?,21?. The lowest BCUT2D eigenvalue weighted by Gasteiger charge is -2.59. The third-order valence-electron chi connectivity index (χ3n) is 6.28. The lowest BCUT2D eigenvalue weighted by molar-refractivity contribution is -0.138. The maximum absolute atomic E-state index is 13.4. The third-order valence-corrected chi connectivity index (χ3v) is 6.72. The van der Waals surface area contributed by atoms with Gasteiger partial charge in [0.1, 0.15) is 11.5 Å².